The molecule has 0 aromatic heterocycles. The molecule has 0 saturated heterocycles. The normalized spacial score (nSPS) is 15.4. The highest BCUT2D eigenvalue weighted by Crippen LogP contribution is 2.29. The highest BCUT2D eigenvalue weighted by Gasteiger charge is 2.22. The maximum absolute atomic E-state index is 12.9. The van der Waals surface area contributed by atoms with E-state index in [1.807, 2.05) is 0 Å². The van der Waals surface area contributed by atoms with Crippen LogP contribution in [0.15, 0.2) is 68.9 Å². The molecule has 0 radical (unpaired) electrons. The second kappa shape index (κ2) is 7.78. The summed E-state index contributed by atoms with van der Waals surface area (Å²) in [4.78, 5) is 26.8. The first-order valence-electron chi connectivity index (χ1n) is 8.41. The Labute approximate surface area is 167 Å². The molecule has 0 bridgehead atoms. The van der Waals surface area contributed by atoms with Crippen LogP contribution >= 0.6 is 15.9 Å². The number of amides is 2. The summed E-state index contributed by atoms with van der Waals surface area (Å²) < 4.78 is 17.7. The number of fused-ring (bicyclic) bond motifs is 1. The van der Waals surface area contributed by atoms with Gasteiger partial charge in [0.15, 0.2) is 0 Å². The maximum Gasteiger partial charge on any atom is 0.285 e. The third-order valence-corrected chi connectivity index (χ3v) is 6.58. The van der Waals surface area contributed by atoms with Crippen molar-refractivity contribution >= 4 is 43.2 Å². The van der Waals surface area contributed by atoms with Crippen molar-refractivity contribution in [1.29, 1.82) is 0 Å². The molecule has 2 aromatic carbocycles. The fourth-order valence-corrected chi connectivity index (χ4v) is 4.45. The number of hydrogen-bond donors (Lipinski definition) is 0. The van der Waals surface area contributed by atoms with E-state index in [0.29, 0.717) is 17.0 Å². The molecule has 1 heterocycles. The maximum atomic E-state index is 12.9. The van der Waals surface area contributed by atoms with Gasteiger partial charge in [-0.05, 0) is 66.9 Å². The number of benzene rings is 2. The molecule has 1 unspecified atom stereocenters. The Morgan fingerprint density at radius 2 is 1.93 bits per heavy atom. The van der Waals surface area contributed by atoms with Crippen LogP contribution in [0.3, 0.4) is 0 Å². The first-order chi connectivity index (χ1) is 12.8. The summed E-state index contributed by atoms with van der Waals surface area (Å²) >= 11 is 3.33. The molecule has 3 rings (SSSR count). The van der Waals surface area contributed by atoms with Crippen LogP contribution < -0.4 is 4.90 Å². The summed E-state index contributed by atoms with van der Waals surface area (Å²) in [5.41, 5.74) is 2.06. The lowest BCUT2D eigenvalue weighted by molar-refractivity contribution is -0.114. The van der Waals surface area contributed by atoms with E-state index in [1.54, 1.807) is 47.4 Å². The van der Waals surface area contributed by atoms with Crippen LogP contribution in [0.4, 0.5) is 5.69 Å². The molecule has 0 spiro atoms. The van der Waals surface area contributed by atoms with Gasteiger partial charge in [0.05, 0.1) is 9.73 Å². The van der Waals surface area contributed by atoms with Crippen molar-refractivity contribution in [2.75, 3.05) is 17.7 Å². The zero-order valence-corrected chi connectivity index (χ0v) is 17.3. The summed E-state index contributed by atoms with van der Waals surface area (Å²) in [5, 5.41) is 0. The second-order valence-corrected chi connectivity index (χ2v) is 9.47. The number of carbonyl (C=O) groups excluding carboxylic acids is 2. The fourth-order valence-electron chi connectivity index (χ4n) is 3.02. The number of halogens is 1. The van der Waals surface area contributed by atoms with Crippen molar-refractivity contribution in [2.45, 2.75) is 17.7 Å². The summed E-state index contributed by atoms with van der Waals surface area (Å²) in [5.74, 6) is -0.688. The van der Waals surface area contributed by atoms with E-state index in [1.165, 1.54) is 12.3 Å². The summed E-state index contributed by atoms with van der Waals surface area (Å²) in [6.07, 6.45) is 4.32. The van der Waals surface area contributed by atoms with Crippen molar-refractivity contribution in [3.63, 3.8) is 0 Å². The van der Waals surface area contributed by atoms with Crippen LogP contribution in [-0.2, 0) is 20.9 Å². The molecular weight excluding hydrogens is 428 g/mol. The Bertz CT molecular complexity index is 1040. The Balaban J connectivity index is 1.94. The first-order valence-corrected chi connectivity index (χ1v) is 11.1. The monoisotopic (exact) mass is 446 g/mol. The van der Waals surface area contributed by atoms with Crippen LogP contribution in [-0.4, -0.2) is 28.8 Å². The van der Waals surface area contributed by atoms with Gasteiger partial charge in [-0.15, -0.1) is 0 Å². The summed E-state index contributed by atoms with van der Waals surface area (Å²) in [7, 11) is -2.85. The Kier molecular flexibility index (Phi) is 5.62. The number of carbonyl (C=O) groups is 2. The van der Waals surface area contributed by atoms with E-state index in [4.69, 9.17) is 0 Å². The van der Waals surface area contributed by atoms with E-state index in [9.17, 15) is 13.8 Å². The molecule has 0 aliphatic carbocycles. The van der Waals surface area contributed by atoms with Gasteiger partial charge in [0.2, 0.25) is 5.91 Å². The number of rotatable bonds is 3. The summed E-state index contributed by atoms with van der Waals surface area (Å²) in [6, 6.07) is 12.0. The molecule has 1 aliphatic rings. The topological polar surface area (TPSA) is 66.8 Å². The second-order valence-electron chi connectivity index (χ2n) is 6.29. The van der Waals surface area contributed by atoms with Gasteiger partial charge in [-0.25, -0.2) is 4.21 Å². The quantitative estimate of drug-likeness (QED) is 0.662. The molecule has 0 fully saturated rings. The molecule has 1 atom stereocenters. The van der Waals surface area contributed by atoms with Crippen LogP contribution in [0.1, 0.15) is 22.3 Å². The van der Waals surface area contributed by atoms with Crippen LogP contribution in [0, 0.1) is 0 Å². The lowest BCUT2D eigenvalue weighted by Gasteiger charge is -2.28. The molecular formula is C20H19BrN2O3S. The van der Waals surface area contributed by atoms with Crippen LogP contribution in [0.2, 0.25) is 0 Å². The zero-order chi connectivity index (χ0) is 19.6. The van der Waals surface area contributed by atoms with Crippen molar-refractivity contribution in [3.05, 3.63) is 70.7 Å². The van der Waals surface area contributed by atoms with Gasteiger partial charge in [0.1, 0.15) is 0 Å². The van der Waals surface area contributed by atoms with Gasteiger partial charge in [0, 0.05) is 33.4 Å². The highest BCUT2D eigenvalue weighted by atomic mass is 79.9. The van der Waals surface area contributed by atoms with Gasteiger partial charge in [-0.2, -0.15) is 4.36 Å². The molecule has 5 nitrogen and oxygen atoms in total. The SMILES string of the molecule is C=CC(=O)N1CCCc2cc(C(=O)N=S(C)(=O)c3ccc(Br)cc3)ccc21. The number of aryl methyl sites for hydroxylation is 1. The van der Waals surface area contributed by atoms with E-state index < -0.39 is 15.6 Å². The minimum Gasteiger partial charge on any atom is -0.309 e. The van der Waals surface area contributed by atoms with E-state index in [-0.39, 0.29) is 5.91 Å². The lowest BCUT2D eigenvalue weighted by Crippen LogP contribution is -2.34. The lowest BCUT2D eigenvalue weighted by atomic mass is 9.99. The minimum absolute atomic E-state index is 0.161. The number of anilines is 1. The fraction of sp³-hybridized carbons (Fsp3) is 0.200. The zero-order valence-electron chi connectivity index (χ0n) is 14.9. The average molecular weight is 447 g/mol. The molecule has 2 aromatic rings. The van der Waals surface area contributed by atoms with E-state index in [0.717, 1.165) is 28.6 Å². The molecule has 0 N–H and O–H groups in total. The third-order valence-electron chi connectivity index (χ3n) is 4.39. The first kappa shape index (κ1) is 19.5. The average Bonchev–Trinajstić information content (AvgIpc) is 2.66. The Morgan fingerprint density at radius 1 is 1.22 bits per heavy atom. The summed E-state index contributed by atoms with van der Waals surface area (Å²) in [6.45, 7) is 4.16. The van der Waals surface area contributed by atoms with Crippen molar-refractivity contribution < 1.29 is 13.8 Å². The molecule has 140 valence electrons. The van der Waals surface area contributed by atoms with Crippen molar-refractivity contribution in [2.24, 2.45) is 4.36 Å². The van der Waals surface area contributed by atoms with Gasteiger partial charge < -0.3 is 4.90 Å². The van der Waals surface area contributed by atoms with E-state index >= 15 is 0 Å². The number of nitrogens with zero attached hydrogens (tertiary/aromatic N) is 2. The third kappa shape index (κ3) is 4.20. The van der Waals surface area contributed by atoms with Crippen molar-refractivity contribution in [1.82, 2.24) is 0 Å². The molecule has 7 heteroatoms. The highest BCUT2D eigenvalue weighted by molar-refractivity contribution is 9.10. The molecule has 2 amide bonds. The molecule has 0 saturated carbocycles. The van der Waals surface area contributed by atoms with Gasteiger partial charge in [-0.1, -0.05) is 22.5 Å². The van der Waals surface area contributed by atoms with Gasteiger partial charge >= 0.3 is 0 Å². The standard InChI is InChI=1S/C20H19BrN2O3S/c1-3-19(24)23-12-4-5-14-13-15(6-11-18(14)23)20(25)22-27(2,26)17-9-7-16(21)8-10-17/h3,6-11,13H,1,4-5,12H2,2H3. The van der Waals surface area contributed by atoms with E-state index in [2.05, 4.69) is 26.9 Å². The Hall–Kier alpha value is -2.25. The minimum atomic E-state index is -2.85. The van der Waals surface area contributed by atoms with Crippen LogP contribution in [0.25, 0.3) is 0 Å². The smallest absolute Gasteiger partial charge is 0.285 e. The predicted octanol–water partition coefficient (Wildman–Crippen LogP) is 4.21. The van der Waals surface area contributed by atoms with Crippen LogP contribution in [0.5, 0.6) is 0 Å². The van der Waals surface area contributed by atoms with Crippen molar-refractivity contribution in [3.8, 4) is 0 Å². The largest absolute Gasteiger partial charge is 0.309 e. The molecule has 1 aliphatic heterocycles. The number of hydrogen-bond acceptors (Lipinski definition) is 3. The van der Waals surface area contributed by atoms with Gasteiger partial charge in [0.25, 0.3) is 5.91 Å². The predicted molar refractivity (Wildman–Crippen MR) is 111 cm³/mol. The Morgan fingerprint density at radius 3 is 2.59 bits per heavy atom. The van der Waals surface area contributed by atoms with Gasteiger partial charge in [-0.3, -0.25) is 9.59 Å². The molecule has 27 heavy (non-hydrogen) atoms.